The predicted molar refractivity (Wildman–Crippen MR) is 56.5 cm³/mol. The molecule has 0 fully saturated rings. The Balaban J connectivity index is 2.78. The fourth-order valence-corrected chi connectivity index (χ4v) is 0.999. The molecule has 15 heavy (non-hydrogen) atoms. The quantitative estimate of drug-likeness (QED) is 0.775. The number of nitrogen functional groups attached to an aromatic ring is 1. The van der Waals surface area contributed by atoms with E-state index >= 15 is 0 Å². The monoisotopic (exact) mass is 208 g/mol. The van der Waals surface area contributed by atoms with Crippen molar-refractivity contribution in [3.05, 3.63) is 23.9 Å². The molecule has 0 amide bonds. The third-order valence-electron chi connectivity index (χ3n) is 1.74. The number of carboxylic acids is 1. The van der Waals surface area contributed by atoms with E-state index < -0.39 is 5.97 Å². The van der Waals surface area contributed by atoms with Crippen molar-refractivity contribution in [2.24, 2.45) is 0 Å². The summed E-state index contributed by atoms with van der Waals surface area (Å²) in [5.74, 6) is -0.450. The van der Waals surface area contributed by atoms with Crippen LogP contribution in [-0.4, -0.2) is 23.2 Å². The molecule has 3 N–H and O–H groups in total. The minimum Gasteiger partial charge on any atom is -0.481 e. The third kappa shape index (κ3) is 3.30. The van der Waals surface area contributed by atoms with Crippen LogP contribution < -0.4 is 10.5 Å². The molecule has 0 aliphatic heterocycles. The van der Waals surface area contributed by atoms with E-state index in [1.54, 1.807) is 12.1 Å². The number of carbonyl (C=O) groups is 1. The lowest BCUT2D eigenvalue weighted by Gasteiger charge is -2.02. The van der Waals surface area contributed by atoms with Gasteiger partial charge in [-0.3, -0.25) is 4.79 Å². The van der Waals surface area contributed by atoms with Crippen molar-refractivity contribution in [3.8, 4) is 5.88 Å². The summed E-state index contributed by atoms with van der Waals surface area (Å²) in [6.07, 6.45) is 4.63. The molecule has 5 nitrogen and oxygen atoms in total. The second kappa shape index (κ2) is 4.99. The highest BCUT2D eigenvalue weighted by Gasteiger charge is 1.99. The Morgan fingerprint density at radius 2 is 2.47 bits per heavy atom. The Kier molecular flexibility index (Phi) is 3.68. The third-order valence-corrected chi connectivity index (χ3v) is 1.74. The zero-order valence-corrected chi connectivity index (χ0v) is 8.30. The summed E-state index contributed by atoms with van der Waals surface area (Å²) in [4.78, 5) is 14.2. The Bertz CT molecular complexity index is 388. The normalized spacial score (nSPS) is 10.5. The molecule has 1 aromatic rings. The van der Waals surface area contributed by atoms with Crippen molar-refractivity contribution in [1.82, 2.24) is 4.98 Å². The number of nitrogens with zero attached hydrogens (tertiary/aromatic N) is 1. The fourth-order valence-electron chi connectivity index (χ4n) is 0.999. The van der Waals surface area contributed by atoms with Gasteiger partial charge in [-0.25, -0.2) is 4.98 Å². The molecule has 0 bridgehead atoms. The molecule has 0 spiro atoms. The number of anilines is 1. The molecule has 5 heteroatoms. The summed E-state index contributed by atoms with van der Waals surface area (Å²) >= 11 is 0. The number of carboxylic acid groups (broad SMARTS) is 1. The number of nitrogens with two attached hydrogens (primary N) is 1. The van der Waals surface area contributed by atoms with Gasteiger partial charge in [-0.1, -0.05) is 12.2 Å². The first-order valence-corrected chi connectivity index (χ1v) is 4.31. The first-order chi connectivity index (χ1) is 7.13. The van der Waals surface area contributed by atoms with E-state index in [1.165, 1.54) is 19.4 Å². The van der Waals surface area contributed by atoms with Gasteiger partial charge in [-0.05, 0) is 0 Å². The molecule has 0 saturated heterocycles. The Hall–Kier alpha value is -2.04. The molecule has 80 valence electrons. The topological polar surface area (TPSA) is 85.4 Å². The van der Waals surface area contributed by atoms with Crippen molar-refractivity contribution >= 4 is 17.7 Å². The zero-order valence-electron chi connectivity index (χ0n) is 8.30. The van der Waals surface area contributed by atoms with E-state index in [0.29, 0.717) is 17.1 Å². The summed E-state index contributed by atoms with van der Waals surface area (Å²) in [5.41, 5.74) is 6.88. The lowest BCUT2D eigenvalue weighted by atomic mass is 10.2. The van der Waals surface area contributed by atoms with E-state index in [9.17, 15) is 4.79 Å². The number of methoxy groups -OCH3 is 1. The maximum atomic E-state index is 10.3. The van der Waals surface area contributed by atoms with E-state index in [4.69, 9.17) is 15.6 Å². The zero-order chi connectivity index (χ0) is 11.3. The van der Waals surface area contributed by atoms with Crippen LogP contribution in [0.3, 0.4) is 0 Å². The van der Waals surface area contributed by atoms with Gasteiger partial charge in [0.15, 0.2) is 0 Å². The van der Waals surface area contributed by atoms with Crippen LogP contribution in [0.2, 0.25) is 0 Å². The van der Waals surface area contributed by atoms with Crippen LogP contribution in [0.5, 0.6) is 5.88 Å². The first-order valence-electron chi connectivity index (χ1n) is 4.31. The molecule has 0 saturated carbocycles. The second-order valence-electron chi connectivity index (χ2n) is 2.86. The van der Waals surface area contributed by atoms with Crippen LogP contribution in [0.25, 0.3) is 6.08 Å². The average Bonchev–Trinajstić information content (AvgIpc) is 2.20. The SMILES string of the molecule is COc1cc(N)c(/C=C/CC(=O)O)cn1. The van der Waals surface area contributed by atoms with Gasteiger partial charge in [0.05, 0.1) is 13.5 Å². The summed E-state index contributed by atoms with van der Waals surface area (Å²) in [7, 11) is 1.50. The molecular weight excluding hydrogens is 196 g/mol. The van der Waals surface area contributed by atoms with Crippen molar-refractivity contribution in [3.63, 3.8) is 0 Å². The average molecular weight is 208 g/mol. The van der Waals surface area contributed by atoms with Gasteiger partial charge < -0.3 is 15.6 Å². The van der Waals surface area contributed by atoms with Crippen LogP contribution >= 0.6 is 0 Å². The van der Waals surface area contributed by atoms with Gasteiger partial charge in [-0.2, -0.15) is 0 Å². The highest BCUT2D eigenvalue weighted by Crippen LogP contribution is 2.17. The number of rotatable bonds is 4. The van der Waals surface area contributed by atoms with Crippen LogP contribution in [0, 0.1) is 0 Å². The molecule has 1 rings (SSSR count). The van der Waals surface area contributed by atoms with Gasteiger partial charge in [0.1, 0.15) is 0 Å². The summed E-state index contributed by atoms with van der Waals surface area (Å²) in [5, 5.41) is 8.42. The minimum absolute atomic E-state index is 0.0362. The van der Waals surface area contributed by atoms with Crippen LogP contribution in [-0.2, 0) is 4.79 Å². The highest BCUT2D eigenvalue weighted by atomic mass is 16.5. The molecule has 0 aromatic carbocycles. The number of aromatic nitrogens is 1. The standard InChI is InChI=1S/C10H12N2O3/c1-15-9-5-8(11)7(6-12-9)3-2-4-10(13)14/h2-3,5-6H,4H2,1H3,(H2,11,12)(H,13,14)/b3-2+. The number of hydrogen-bond acceptors (Lipinski definition) is 4. The van der Waals surface area contributed by atoms with Gasteiger partial charge in [0.25, 0.3) is 0 Å². The molecule has 1 aromatic heterocycles. The van der Waals surface area contributed by atoms with Gasteiger partial charge >= 0.3 is 5.97 Å². The molecule has 0 unspecified atom stereocenters. The summed E-state index contributed by atoms with van der Waals surface area (Å²) in [6.45, 7) is 0. The lowest BCUT2D eigenvalue weighted by Crippen LogP contribution is -1.94. The van der Waals surface area contributed by atoms with E-state index in [2.05, 4.69) is 4.98 Å². The van der Waals surface area contributed by atoms with Crippen molar-refractivity contribution in [2.75, 3.05) is 12.8 Å². The highest BCUT2D eigenvalue weighted by molar-refractivity contribution is 5.72. The van der Waals surface area contributed by atoms with Crippen LogP contribution in [0.1, 0.15) is 12.0 Å². The lowest BCUT2D eigenvalue weighted by molar-refractivity contribution is -0.135. The Morgan fingerprint density at radius 1 is 1.73 bits per heavy atom. The fraction of sp³-hybridized carbons (Fsp3) is 0.200. The Morgan fingerprint density at radius 3 is 3.00 bits per heavy atom. The Labute approximate surface area is 87.2 Å². The van der Waals surface area contributed by atoms with E-state index in [0.717, 1.165) is 0 Å². The molecule has 0 radical (unpaired) electrons. The number of pyridine rings is 1. The summed E-state index contributed by atoms with van der Waals surface area (Å²) in [6, 6.07) is 1.58. The molecule has 0 atom stereocenters. The van der Waals surface area contributed by atoms with Gasteiger partial charge in [0.2, 0.25) is 5.88 Å². The number of aliphatic carboxylic acids is 1. The second-order valence-corrected chi connectivity index (χ2v) is 2.86. The molecular formula is C10H12N2O3. The van der Waals surface area contributed by atoms with E-state index in [1.807, 2.05) is 0 Å². The first kappa shape index (κ1) is 11.0. The van der Waals surface area contributed by atoms with Crippen LogP contribution in [0.15, 0.2) is 18.3 Å². The smallest absolute Gasteiger partial charge is 0.307 e. The number of hydrogen-bond donors (Lipinski definition) is 2. The van der Waals surface area contributed by atoms with Gasteiger partial charge in [-0.15, -0.1) is 0 Å². The summed E-state index contributed by atoms with van der Waals surface area (Å²) < 4.78 is 4.88. The molecule has 0 aliphatic carbocycles. The van der Waals surface area contributed by atoms with Crippen molar-refractivity contribution in [1.29, 1.82) is 0 Å². The maximum absolute atomic E-state index is 10.3. The maximum Gasteiger partial charge on any atom is 0.307 e. The number of ether oxygens (including phenoxy) is 1. The van der Waals surface area contributed by atoms with Gasteiger partial charge in [0, 0.05) is 23.5 Å². The minimum atomic E-state index is -0.883. The molecule has 0 aliphatic rings. The van der Waals surface area contributed by atoms with Crippen LogP contribution in [0.4, 0.5) is 5.69 Å². The van der Waals surface area contributed by atoms with Crippen molar-refractivity contribution in [2.45, 2.75) is 6.42 Å². The largest absolute Gasteiger partial charge is 0.481 e. The predicted octanol–water partition coefficient (Wildman–Crippen LogP) is 1.16. The van der Waals surface area contributed by atoms with Crippen molar-refractivity contribution < 1.29 is 14.6 Å². The molecule has 1 heterocycles. The van der Waals surface area contributed by atoms with E-state index in [-0.39, 0.29) is 6.42 Å².